The minimum atomic E-state index is -0.596. The van der Waals surface area contributed by atoms with Crippen LogP contribution in [0, 0.1) is 5.95 Å². The highest BCUT2D eigenvalue weighted by atomic mass is 32.1. The molecule has 2 atom stereocenters. The van der Waals surface area contributed by atoms with Gasteiger partial charge in [0.25, 0.3) is 0 Å². The lowest BCUT2D eigenvalue weighted by Gasteiger charge is -2.16. The summed E-state index contributed by atoms with van der Waals surface area (Å²) in [4.78, 5) is 14.8. The summed E-state index contributed by atoms with van der Waals surface area (Å²) in [5.41, 5.74) is 0.875. The molecule has 0 spiro atoms. The zero-order valence-electron chi connectivity index (χ0n) is 16.9. The predicted molar refractivity (Wildman–Crippen MR) is 116 cm³/mol. The van der Waals surface area contributed by atoms with Crippen LogP contribution in [-0.4, -0.2) is 59.1 Å². The second kappa shape index (κ2) is 9.75. The van der Waals surface area contributed by atoms with Gasteiger partial charge in [-0.3, -0.25) is 10.1 Å². The molecule has 0 unspecified atom stereocenters. The summed E-state index contributed by atoms with van der Waals surface area (Å²) in [7, 11) is 1.57. The lowest BCUT2D eigenvalue weighted by Crippen LogP contribution is -2.26. The van der Waals surface area contributed by atoms with Crippen LogP contribution in [0.25, 0.3) is 0 Å². The normalized spacial score (nSPS) is 16.8. The maximum absolute atomic E-state index is 13.0. The highest BCUT2D eigenvalue weighted by Crippen LogP contribution is 2.26. The van der Waals surface area contributed by atoms with Crippen LogP contribution >= 0.6 is 11.3 Å². The lowest BCUT2D eigenvalue weighted by molar-refractivity contribution is -0.118. The predicted octanol–water partition coefficient (Wildman–Crippen LogP) is 2.53. The molecule has 1 aromatic carbocycles. The number of carbonyl (C=O) groups excluding carboxylic acids is 1. The van der Waals surface area contributed by atoms with Crippen molar-refractivity contribution in [3.05, 3.63) is 54.0 Å². The first-order valence-corrected chi connectivity index (χ1v) is 10.6. The Hall–Kier alpha value is -3.18. The standard InChI is InChI=1S/C20H22FN7O2S/c1-30-12-15(13-5-3-2-4-6-13)18(29)23-20-27-26-19(31-20)22-14-9-10-28(11-14)17-8-7-16(21)24-25-17/h2-8,14-15H,9-12H2,1H3,(H,22,26)(H,23,27,29)/t14-,15+/m1/s1. The summed E-state index contributed by atoms with van der Waals surface area (Å²) in [6, 6.07) is 12.5. The summed E-state index contributed by atoms with van der Waals surface area (Å²) in [6.45, 7) is 1.73. The number of anilines is 3. The van der Waals surface area contributed by atoms with E-state index in [2.05, 4.69) is 31.0 Å². The number of hydrogen-bond donors (Lipinski definition) is 2. The fraction of sp³-hybridized carbons (Fsp3) is 0.350. The number of ether oxygens (including phenoxy) is 1. The molecule has 0 saturated carbocycles. The van der Waals surface area contributed by atoms with Gasteiger partial charge in [-0.25, -0.2) is 0 Å². The van der Waals surface area contributed by atoms with Gasteiger partial charge in [-0.1, -0.05) is 41.7 Å². The number of nitrogens with one attached hydrogen (secondary N) is 2. The first-order chi connectivity index (χ1) is 15.1. The molecule has 1 fully saturated rings. The van der Waals surface area contributed by atoms with E-state index in [0.717, 1.165) is 18.5 Å². The number of hydrogen-bond acceptors (Lipinski definition) is 9. The van der Waals surface area contributed by atoms with Gasteiger partial charge in [0.15, 0.2) is 5.82 Å². The smallest absolute Gasteiger partial charge is 0.236 e. The van der Waals surface area contributed by atoms with Gasteiger partial charge in [-0.15, -0.1) is 20.4 Å². The summed E-state index contributed by atoms with van der Waals surface area (Å²) in [5.74, 6) is -0.591. The highest BCUT2D eigenvalue weighted by Gasteiger charge is 2.25. The number of amides is 1. The average Bonchev–Trinajstić information content (AvgIpc) is 3.43. The van der Waals surface area contributed by atoms with Crippen LogP contribution < -0.4 is 15.5 Å². The van der Waals surface area contributed by atoms with Crippen molar-refractivity contribution in [3.8, 4) is 0 Å². The van der Waals surface area contributed by atoms with Crippen LogP contribution in [0.2, 0.25) is 0 Å². The van der Waals surface area contributed by atoms with Gasteiger partial charge in [-0.05, 0) is 24.1 Å². The van der Waals surface area contributed by atoms with Crippen molar-refractivity contribution >= 4 is 33.3 Å². The van der Waals surface area contributed by atoms with E-state index in [1.807, 2.05) is 35.2 Å². The molecule has 31 heavy (non-hydrogen) atoms. The van der Waals surface area contributed by atoms with E-state index in [1.165, 1.54) is 17.4 Å². The molecule has 2 N–H and O–H groups in total. The number of carbonyl (C=O) groups is 1. The van der Waals surface area contributed by atoms with Gasteiger partial charge in [0.05, 0.1) is 12.5 Å². The Bertz CT molecular complexity index is 1000. The van der Waals surface area contributed by atoms with E-state index in [1.54, 1.807) is 13.2 Å². The van der Waals surface area contributed by atoms with Gasteiger partial charge < -0.3 is 15.0 Å². The molecular formula is C20H22FN7O2S. The maximum atomic E-state index is 13.0. The number of rotatable bonds is 8. The Morgan fingerprint density at radius 2 is 2.00 bits per heavy atom. The molecule has 9 nitrogen and oxygen atoms in total. The number of nitrogens with zero attached hydrogens (tertiary/aromatic N) is 5. The average molecular weight is 444 g/mol. The van der Waals surface area contributed by atoms with Crippen molar-refractivity contribution in [1.29, 1.82) is 0 Å². The molecule has 0 radical (unpaired) electrons. The molecule has 1 aliphatic heterocycles. The summed E-state index contributed by atoms with van der Waals surface area (Å²) in [5, 5.41) is 22.8. The monoisotopic (exact) mass is 443 g/mol. The number of halogens is 1. The van der Waals surface area contributed by atoms with Crippen molar-refractivity contribution in [3.63, 3.8) is 0 Å². The molecule has 1 saturated heterocycles. The van der Waals surface area contributed by atoms with E-state index in [0.29, 0.717) is 22.6 Å². The van der Waals surface area contributed by atoms with E-state index in [-0.39, 0.29) is 18.6 Å². The first kappa shape index (κ1) is 21.1. The minimum Gasteiger partial charge on any atom is -0.384 e. The molecule has 2 aromatic heterocycles. The van der Waals surface area contributed by atoms with Crippen LogP contribution in [0.15, 0.2) is 42.5 Å². The van der Waals surface area contributed by atoms with E-state index in [9.17, 15) is 9.18 Å². The third-order valence-electron chi connectivity index (χ3n) is 4.96. The van der Waals surface area contributed by atoms with Crippen molar-refractivity contribution in [2.75, 3.05) is 42.3 Å². The van der Waals surface area contributed by atoms with Crippen LogP contribution in [0.5, 0.6) is 0 Å². The first-order valence-electron chi connectivity index (χ1n) is 9.81. The Kier molecular flexibility index (Phi) is 6.63. The molecular weight excluding hydrogens is 421 g/mol. The number of benzene rings is 1. The number of aromatic nitrogens is 4. The highest BCUT2D eigenvalue weighted by molar-refractivity contribution is 7.19. The molecule has 0 bridgehead atoms. The quantitative estimate of drug-likeness (QED) is 0.547. The molecule has 162 valence electrons. The van der Waals surface area contributed by atoms with Gasteiger partial charge in [0.1, 0.15) is 0 Å². The topological polar surface area (TPSA) is 105 Å². The minimum absolute atomic E-state index is 0.133. The lowest BCUT2D eigenvalue weighted by atomic mass is 9.99. The third kappa shape index (κ3) is 5.30. The zero-order chi connectivity index (χ0) is 21.6. The van der Waals surface area contributed by atoms with Crippen LogP contribution in [0.4, 0.5) is 20.5 Å². The van der Waals surface area contributed by atoms with Gasteiger partial charge >= 0.3 is 0 Å². The summed E-state index contributed by atoms with van der Waals surface area (Å²) >= 11 is 1.28. The van der Waals surface area contributed by atoms with Crippen LogP contribution in [0.1, 0.15) is 17.9 Å². The Balaban J connectivity index is 1.34. The molecule has 1 aliphatic rings. The molecule has 3 aromatic rings. The van der Waals surface area contributed by atoms with E-state index < -0.39 is 11.9 Å². The Morgan fingerprint density at radius 1 is 1.19 bits per heavy atom. The second-order valence-corrected chi connectivity index (χ2v) is 8.09. The van der Waals surface area contributed by atoms with E-state index in [4.69, 9.17) is 4.74 Å². The fourth-order valence-corrected chi connectivity index (χ4v) is 4.16. The maximum Gasteiger partial charge on any atom is 0.236 e. The van der Waals surface area contributed by atoms with Crippen LogP contribution in [0.3, 0.4) is 0 Å². The number of methoxy groups -OCH3 is 1. The molecule has 11 heteroatoms. The molecule has 0 aliphatic carbocycles. The van der Waals surface area contributed by atoms with Crippen molar-refractivity contribution in [1.82, 2.24) is 20.4 Å². The zero-order valence-corrected chi connectivity index (χ0v) is 17.7. The second-order valence-electron chi connectivity index (χ2n) is 7.11. The van der Waals surface area contributed by atoms with E-state index >= 15 is 0 Å². The van der Waals surface area contributed by atoms with Crippen molar-refractivity contribution in [2.45, 2.75) is 18.4 Å². The van der Waals surface area contributed by atoms with Crippen molar-refractivity contribution in [2.24, 2.45) is 0 Å². The summed E-state index contributed by atoms with van der Waals surface area (Å²) in [6.07, 6.45) is 0.865. The molecule has 1 amide bonds. The fourth-order valence-electron chi connectivity index (χ4n) is 3.44. The van der Waals surface area contributed by atoms with Gasteiger partial charge in [0, 0.05) is 26.2 Å². The largest absolute Gasteiger partial charge is 0.384 e. The Morgan fingerprint density at radius 3 is 2.74 bits per heavy atom. The third-order valence-corrected chi connectivity index (χ3v) is 5.73. The molecule has 4 rings (SSSR count). The van der Waals surface area contributed by atoms with Crippen LogP contribution in [-0.2, 0) is 9.53 Å². The van der Waals surface area contributed by atoms with Gasteiger partial charge in [-0.2, -0.15) is 4.39 Å². The summed E-state index contributed by atoms with van der Waals surface area (Å²) < 4.78 is 18.2. The van der Waals surface area contributed by atoms with Gasteiger partial charge in [0.2, 0.25) is 22.1 Å². The Labute approximate surface area is 182 Å². The SMILES string of the molecule is COC[C@H](C(=O)Nc1nnc(N[C@@H]2CCN(c3ccc(F)nn3)C2)s1)c1ccccc1. The van der Waals surface area contributed by atoms with Crippen molar-refractivity contribution < 1.29 is 13.9 Å². The molecule has 3 heterocycles.